The zero-order valence-corrected chi connectivity index (χ0v) is 13.9. The van der Waals surface area contributed by atoms with Gasteiger partial charge in [-0.05, 0) is 37.5 Å². The summed E-state index contributed by atoms with van der Waals surface area (Å²) < 4.78 is 0.971. The lowest BCUT2D eigenvalue weighted by Crippen LogP contribution is -2.49. The van der Waals surface area contributed by atoms with Crippen LogP contribution in [0.4, 0.5) is 0 Å². The summed E-state index contributed by atoms with van der Waals surface area (Å²) in [6, 6.07) is 6.98. The molecule has 1 N–H and O–H groups in total. The van der Waals surface area contributed by atoms with Crippen molar-refractivity contribution < 1.29 is 14.7 Å². The number of hydrogen-bond acceptors (Lipinski definition) is 2. The molecule has 1 amide bonds. The summed E-state index contributed by atoms with van der Waals surface area (Å²) >= 11 is 3.41. The van der Waals surface area contributed by atoms with Crippen LogP contribution in [0.5, 0.6) is 0 Å². The summed E-state index contributed by atoms with van der Waals surface area (Å²) in [7, 11) is 1.58. The molecule has 2 rings (SSSR count). The summed E-state index contributed by atoms with van der Waals surface area (Å²) in [5, 5.41) is 9.13. The smallest absolute Gasteiger partial charge is 0.326 e. The molecular weight excluding hydrogens is 334 g/mol. The number of rotatable bonds is 4. The van der Waals surface area contributed by atoms with Crippen LogP contribution in [-0.2, 0) is 15.0 Å². The van der Waals surface area contributed by atoms with Gasteiger partial charge in [0.05, 0.1) is 5.41 Å². The standard InChI is InChI=1S/C16H20BrNO3/c1-11(14(19)20)18(2)15(21)16(9-3-4-10-16)12-5-7-13(17)8-6-12/h5-8,11H,3-4,9-10H2,1-2H3,(H,19,20). The number of halogens is 1. The second kappa shape index (κ2) is 6.18. The van der Waals surface area contributed by atoms with Gasteiger partial charge < -0.3 is 10.0 Å². The minimum atomic E-state index is -0.977. The largest absolute Gasteiger partial charge is 0.480 e. The Kier molecular flexibility index (Phi) is 4.71. The van der Waals surface area contributed by atoms with Crippen molar-refractivity contribution in [1.82, 2.24) is 4.90 Å². The van der Waals surface area contributed by atoms with Gasteiger partial charge in [-0.3, -0.25) is 4.79 Å². The fraction of sp³-hybridized carbons (Fsp3) is 0.500. The highest BCUT2D eigenvalue weighted by atomic mass is 79.9. The number of aliphatic carboxylic acids is 1. The SMILES string of the molecule is CC(C(=O)O)N(C)C(=O)C1(c2ccc(Br)cc2)CCCC1. The molecule has 0 spiro atoms. The number of likely N-dealkylation sites (N-methyl/N-ethyl adjacent to an activating group) is 1. The molecule has 1 aromatic carbocycles. The van der Waals surface area contributed by atoms with Crippen LogP contribution in [0.2, 0.25) is 0 Å². The molecule has 0 saturated heterocycles. The first-order valence-electron chi connectivity index (χ1n) is 7.14. The number of carboxylic acids is 1. The molecule has 1 atom stereocenters. The quantitative estimate of drug-likeness (QED) is 0.904. The van der Waals surface area contributed by atoms with Gasteiger partial charge in [-0.2, -0.15) is 0 Å². The van der Waals surface area contributed by atoms with Crippen LogP contribution < -0.4 is 0 Å². The summed E-state index contributed by atoms with van der Waals surface area (Å²) in [4.78, 5) is 25.5. The van der Waals surface area contributed by atoms with E-state index in [0.29, 0.717) is 0 Å². The number of hydrogen-bond donors (Lipinski definition) is 1. The van der Waals surface area contributed by atoms with Crippen molar-refractivity contribution in [2.45, 2.75) is 44.1 Å². The monoisotopic (exact) mass is 353 g/mol. The van der Waals surface area contributed by atoms with Gasteiger partial charge in [0.15, 0.2) is 0 Å². The normalized spacial score (nSPS) is 18.2. The average Bonchev–Trinajstić information content (AvgIpc) is 2.96. The van der Waals surface area contributed by atoms with Crippen LogP contribution in [0.1, 0.15) is 38.2 Å². The Hall–Kier alpha value is -1.36. The number of nitrogens with zero attached hydrogens (tertiary/aromatic N) is 1. The van der Waals surface area contributed by atoms with Gasteiger partial charge >= 0.3 is 5.97 Å². The second-order valence-electron chi connectivity index (χ2n) is 5.73. The molecule has 1 aromatic rings. The highest BCUT2D eigenvalue weighted by molar-refractivity contribution is 9.10. The van der Waals surface area contributed by atoms with Crippen molar-refractivity contribution in [3.63, 3.8) is 0 Å². The number of carboxylic acid groups (broad SMARTS) is 1. The average molecular weight is 354 g/mol. The Morgan fingerprint density at radius 1 is 1.24 bits per heavy atom. The van der Waals surface area contributed by atoms with E-state index in [1.807, 2.05) is 24.3 Å². The number of benzene rings is 1. The first-order valence-corrected chi connectivity index (χ1v) is 7.94. The third kappa shape index (κ3) is 2.98. The Bertz CT molecular complexity index is 535. The lowest BCUT2D eigenvalue weighted by Gasteiger charge is -2.34. The summed E-state index contributed by atoms with van der Waals surface area (Å²) in [6.07, 6.45) is 3.56. The number of carbonyl (C=O) groups is 2. The van der Waals surface area contributed by atoms with Gasteiger partial charge in [0.25, 0.3) is 0 Å². The zero-order chi connectivity index (χ0) is 15.6. The maximum Gasteiger partial charge on any atom is 0.326 e. The molecule has 1 unspecified atom stereocenters. The zero-order valence-electron chi connectivity index (χ0n) is 12.3. The first-order chi connectivity index (χ1) is 9.88. The lowest BCUT2D eigenvalue weighted by atomic mass is 9.77. The summed E-state index contributed by atoms with van der Waals surface area (Å²) in [6.45, 7) is 1.55. The molecule has 1 aliphatic rings. The summed E-state index contributed by atoms with van der Waals surface area (Å²) in [5.41, 5.74) is 0.414. The van der Waals surface area contributed by atoms with E-state index in [4.69, 9.17) is 5.11 Å². The van der Waals surface area contributed by atoms with Crippen molar-refractivity contribution in [3.8, 4) is 0 Å². The van der Waals surface area contributed by atoms with E-state index in [2.05, 4.69) is 15.9 Å². The maximum absolute atomic E-state index is 12.9. The van der Waals surface area contributed by atoms with Crippen LogP contribution in [-0.4, -0.2) is 35.0 Å². The van der Waals surface area contributed by atoms with E-state index in [-0.39, 0.29) is 5.91 Å². The predicted molar refractivity (Wildman–Crippen MR) is 84.2 cm³/mol. The minimum absolute atomic E-state index is 0.0859. The van der Waals surface area contributed by atoms with Crippen LogP contribution in [0.3, 0.4) is 0 Å². The number of amides is 1. The van der Waals surface area contributed by atoms with Crippen LogP contribution in [0, 0.1) is 0 Å². The van der Waals surface area contributed by atoms with E-state index in [1.165, 1.54) is 4.90 Å². The Morgan fingerprint density at radius 3 is 2.24 bits per heavy atom. The van der Waals surface area contributed by atoms with E-state index in [1.54, 1.807) is 14.0 Å². The molecule has 1 aliphatic carbocycles. The van der Waals surface area contributed by atoms with Gasteiger partial charge in [0.2, 0.25) is 5.91 Å². The fourth-order valence-corrected chi connectivity index (χ4v) is 3.32. The molecular formula is C16H20BrNO3. The fourth-order valence-electron chi connectivity index (χ4n) is 3.05. The molecule has 0 bridgehead atoms. The van der Waals surface area contributed by atoms with Crippen LogP contribution >= 0.6 is 15.9 Å². The molecule has 5 heteroatoms. The molecule has 0 aliphatic heterocycles. The van der Waals surface area contributed by atoms with Crippen LogP contribution in [0.15, 0.2) is 28.7 Å². The summed E-state index contributed by atoms with van der Waals surface area (Å²) in [5.74, 6) is -1.06. The Balaban J connectivity index is 2.36. The number of carbonyl (C=O) groups excluding carboxylic acids is 1. The molecule has 0 radical (unpaired) electrons. The molecule has 1 saturated carbocycles. The van der Waals surface area contributed by atoms with E-state index < -0.39 is 17.4 Å². The molecule has 114 valence electrons. The van der Waals surface area contributed by atoms with E-state index >= 15 is 0 Å². The van der Waals surface area contributed by atoms with Crippen molar-refractivity contribution in [2.75, 3.05) is 7.05 Å². The van der Waals surface area contributed by atoms with Crippen molar-refractivity contribution in [2.24, 2.45) is 0 Å². The molecule has 0 aromatic heterocycles. The van der Waals surface area contributed by atoms with Gasteiger partial charge in [0.1, 0.15) is 6.04 Å². The first kappa shape index (κ1) is 16.0. The van der Waals surface area contributed by atoms with Gasteiger partial charge in [-0.25, -0.2) is 4.79 Å². The minimum Gasteiger partial charge on any atom is -0.480 e. The van der Waals surface area contributed by atoms with Crippen molar-refractivity contribution in [1.29, 1.82) is 0 Å². The predicted octanol–water partition coefficient (Wildman–Crippen LogP) is 3.19. The molecule has 0 heterocycles. The van der Waals surface area contributed by atoms with Crippen molar-refractivity contribution >= 4 is 27.8 Å². The topological polar surface area (TPSA) is 57.6 Å². The molecule has 1 fully saturated rings. The third-order valence-electron chi connectivity index (χ3n) is 4.52. The highest BCUT2D eigenvalue weighted by Crippen LogP contribution is 2.43. The Labute approximate surface area is 133 Å². The van der Waals surface area contributed by atoms with Crippen molar-refractivity contribution in [3.05, 3.63) is 34.3 Å². The van der Waals surface area contributed by atoms with E-state index in [9.17, 15) is 9.59 Å². The molecule has 21 heavy (non-hydrogen) atoms. The van der Waals surface area contributed by atoms with Gasteiger partial charge in [0, 0.05) is 11.5 Å². The molecule has 4 nitrogen and oxygen atoms in total. The lowest BCUT2D eigenvalue weighted by molar-refractivity contribution is -0.150. The third-order valence-corrected chi connectivity index (χ3v) is 5.05. The van der Waals surface area contributed by atoms with Gasteiger partial charge in [-0.15, -0.1) is 0 Å². The van der Waals surface area contributed by atoms with E-state index in [0.717, 1.165) is 35.7 Å². The Morgan fingerprint density at radius 2 is 1.76 bits per heavy atom. The van der Waals surface area contributed by atoms with Crippen LogP contribution in [0.25, 0.3) is 0 Å². The van der Waals surface area contributed by atoms with Gasteiger partial charge in [-0.1, -0.05) is 40.9 Å². The maximum atomic E-state index is 12.9. The highest BCUT2D eigenvalue weighted by Gasteiger charge is 2.45. The second-order valence-corrected chi connectivity index (χ2v) is 6.64.